The van der Waals surface area contributed by atoms with E-state index >= 15 is 0 Å². The van der Waals surface area contributed by atoms with E-state index in [9.17, 15) is 10.2 Å². The van der Waals surface area contributed by atoms with Crippen LogP contribution in [0.25, 0.3) is 0 Å². The van der Waals surface area contributed by atoms with E-state index in [1.54, 1.807) is 0 Å². The molecule has 0 aliphatic heterocycles. The Kier molecular flexibility index (Phi) is 3.16. The quantitative estimate of drug-likeness (QED) is 0.690. The maximum Gasteiger partial charge on any atom is 0.0655 e. The van der Waals surface area contributed by atoms with Crippen molar-refractivity contribution in [3.8, 4) is 0 Å². The van der Waals surface area contributed by atoms with E-state index in [-0.39, 0.29) is 17.4 Å². The van der Waals surface area contributed by atoms with Crippen LogP contribution in [-0.2, 0) is 0 Å². The number of hydrogen-bond acceptors (Lipinski definition) is 2. The first-order chi connectivity index (χ1) is 7.77. The molecule has 0 unspecified atom stereocenters. The molecule has 0 aromatic rings. The number of allylic oxidation sites excluding steroid dienone is 1. The molecule has 17 heavy (non-hydrogen) atoms. The van der Waals surface area contributed by atoms with Crippen molar-refractivity contribution in [1.82, 2.24) is 0 Å². The molecule has 2 rings (SSSR count). The highest BCUT2D eigenvalue weighted by Gasteiger charge is 2.54. The minimum atomic E-state index is -0.623. The van der Waals surface area contributed by atoms with Crippen LogP contribution < -0.4 is 0 Å². The summed E-state index contributed by atoms with van der Waals surface area (Å²) in [5.41, 5.74) is 0.499. The van der Waals surface area contributed by atoms with Crippen LogP contribution in [0.2, 0.25) is 0 Å². The molecule has 0 bridgehead atoms. The van der Waals surface area contributed by atoms with Crippen molar-refractivity contribution in [3.63, 3.8) is 0 Å². The highest BCUT2D eigenvalue weighted by atomic mass is 16.3. The number of hydrogen-bond donors (Lipinski definition) is 2. The van der Waals surface area contributed by atoms with E-state index in [2.05, 4.69) is 20.4 Å². The van der Waals surface area contributed by atoms with Gasteiger partial charge in [-0.25, -0.2) is 0 Å². The monoisotopic (exact) mass is 238 g/mol. The average molecular weight is 238 g/mol. The molecule has 2 saturated carbocycles. The first kappa shape index (κ1) is 13.1. The summed E-state index contributed by atoms with van der Waals surface area (Å²) < 4.78 is 0. The molecule has 98 valence electrons. The SMILES string of the molecule is C=C(C)[C@@H]1CC[C@@]2(C)[C@H](O)CC[C@@](C)(O)[C@@H]2C1. The van der Waals surface area contributed by atoms with Crippen LogP contribution >= 0.6 is 0 Å². The highest BCUT2D eigenvalue weighted by Crippen LogP contribution is 2.56. The fourth-order valence-corrected chi connectivity index (χ4v) is 4.07. The van der Waals surface area contributed by atoms with Gasteiger partial charge in [0.05, 0.1) is 11.7 Å². The molecule has 0 spiro atoms. The van der Waals surface area contributed by atoms with Gasteiger partial charge in [-0.15, -0.1) is 0 Å². The molecular formula is C15H26O2. The third kappa shape index (κ3) is 2.06. The second-order valence-electron chi connectivity index (χ2n) is 6.79. The van der Waals surface area contributed by atoms with E-state index in [0.717, 1.165) is 32.1 Å². The van der Waals surface area contributed by atoms with Gasteiger partial charge in [-0.3, -0.25) is 0 Å². The molecule has 2 heteroatoms. The van der Waals surface area contributed by atoms with Crippen molar-refractivity contribution in [3.05, 3.63) is 12.2 Å². The standard InChI is InChI=1S/C15H26O2/c1-10(2)11-5-7-14(3)12(9-11)15(4,17)8-6-13(14)16/h11-13,16-17H,1,5-9H2,2-4H3/t11-,12-,13-,14-,15-/m1/s1. The molecule has 0 heterocycles. The topological polar surface area (TPSA) is 40.5 Å². The van der Waals surface area contributed by atoms with Crippen LogP contribution in [0.15, 0.2) is 12.2 Å². The van der Waals surface area contributed by atoms with Crippen LogP contribution in [0.3, 0.4) is 0 Å². The van der Waals surface area contributed by atoms with Crippen LogP contribution in [0, 0.1) is 17.3 Å². The molecule has 0 aromatic carbocycles. The Hall–Kier alpha value is -0.340. The Bertz CT molecular complexity index is 321. The van der Waals surface area contributed by atoms with E-state index in [4.69, 9.17) is 0 Å². The fourth-order valence-electron chi connectivity index (χ4n) is 4.07. The fraction of sp³-hybridized carbons (Fsp3) is 0.867. The third-order valence-electron chi connectivity index (χ3n) is 5.48. The summed E-state index contributed by atoms with van der Waals surface area (Å²) in [4.78, 5) is 0. The van der Waals surface area contributed by atoms with Gasteiger partial charge in [-0.1, -0.05) is 19.1 Å². The maximum absolute atomic E-state index is 10.6. The summed E-state index contributed by atoms with van der Waals surface area (Å²) in [6.07, 6.45) is 4.30. The lowest BCUT2D eigenvalue weighted by Crippen LogP contribution is -2.57. The summed E-state index contributed by atoms with van der Waals surface area (Å²) in [6.45, 7) is 10.3. The van der Waals surface area contributed by atoms with E-state index < -0.39 is 5.60 Å². The average Bonchev–Trinajstić information content (AvgIpc) is 2.24. The second kappa shape index (κ2) is 4.10. The minimum absolute atomic E-state index is 0.103. The summed E-state index contributed by atoms with van der Waals surface area (Å²) in [7, 11) is 0. The Morgan fingerprint density at radius 2 is 1.88 bits per heavy atom. The number of aliphatic hydroxyl groups excluding tert-OH is 1. The predicted octanol–water partition coefficient (Wildman–Crippen LogP) is 2.89. The van der Waals surface area contributed by atoms with Gasteiger partial charge in [-0.05, 0) is 63.2 Å². The Balaban J connectivity index is 2.27. The van der Waals surface area contributed by atoms with Crippen molar-refractivity contribution in [1.29, 1.82) is 0 Å². The summed E-state index contributed by atoms with van der Waals surface area (Å²) in [6, 6.07) is 0. The zero-order valence-electron chi connectivity index (χ0n) is 11.4. The molecule has 0 radical (unpaired) electrons. The van der Waals surface area contributed by atoms with E-state index in [0.29, 0.717) is 5.92 Å². The molecule has 0 aromatic heterocycles. The molecule has 2 nitrogen and oxygen atoms in total. The second-order valence-corrected chi connectivity index (χ2v) is 6.79. The third-order valence-corrected chi connectivity index (χ3v) is 5.48. The molecule has 0 amide bonds. The Morgan fingerprint density at radius 3 is 2.47 bits per heavy atom. The maximum atomic E-state index is 10.6. The minimum Gasteiger partial charge on any atom is -0.393 e. The predicted molar refractivity (Wildman–Crippen MR) is 69.6 cm³/mol. The number of aliphatic hydroxyl groups is 2. The lowest BCUT2D eigenvalue weighted by Gasteiger charge is -2.56. The Morgan fingerprint density at radius 1 is 1.24 bits per heavy atom. The molecule has 0 saturated heterocycles. The zero-order valence-corrected chi connectivity index (χ0v) is 11.4. The number of rotatable bonds is 1. The molecule has 2 fully saturated rings. The van der Waals surface area contributed by atoms with Crippen molar-refractivity contribution in [2.24, 2.45) is 17.3 Å². The van der Waals surface area contributed by atoms with Crippen LogP contribution in [0.5, 0.6) is 0 Å². The van der Waals surface area contributed by atoms with E-state index in [1.165, 1.54) is 5.57 Å². The molecular weight excluding hydrogens is 212 g/mol. The number of fused-ring (bicyclic) bond motifs is 1. The molecule has 2 N–H and O–H groups in total. The smallest absolute Gasteiger partial charge is 0.0655 e. The Labute approximate surface area is 105 Å². The zero-order chi connectivity index (χ0) is 12.8. The molecule has 2 aliphatic rings. The largest absolute Gasteiger partial charge is 0.393 e. The van der Waals surface area contributed by atoms with Crippen LogP contribution in [0.1, 0.15) is 52.9 Å². The van der Waals surface area contributed by atoms with Gasteiger partial charge in [0.2, 0.25) is 0 Å². The van der Waals surface area contributed by atoms with Gasteiger partial charge < -0.3 is 10.2 Å². The van der Waals surface area contributed by atoms with Crippen LogP contribution in [0.4, 0.5) is 0 Å². The van der Waals surface area contributed by atoms with Gasteiger partial charge in [-0.2, -0.15) is 0 Å². The summed E-state index contributed by atoms with van der Waals surface area (Å²) >= 11 is 0. The van der Waals surface area contributed by atoms with Gasteiger partial charge in [0.1, 0.15) is 0 Å². The van der Waals surface area contributed by atoms with Crippen LogP contribution in [-0.4, -0.2) is 21.9 Å². The molecule has 2 aliphatic carbocycles. The first-order valence-corrected chi connectivity index (χ1v) is 6.83. The van der Waals surface area contributed by atoms with Crippen molar-refractivity contribution in [2.75, 3.05) is 0 Å². The summed E-state index contributed by atoms with van der Waals surface area (Å²) in [5.74, 6) is 0.721. The van der Waals surface area contributed by atoms with Crippen molar-refractivity contribution < 1.29 is 10.2 Å². The first-order valence-electron chi connectivity index (χ1n) is 6.83. The van der Waals surface area contributed by atoms with E-state index in [1.807, 2.05) is 6.92 Å². The molecule has 5 atom stereocenters. The van der Waals surface area contributed by atoms with Gasteiger partial charge in [0.25, 0.3) is 0 Å². The van der Waals surface area contributed by atoms with Crippen molar-refractivity contribution in [2.45, 2.75) is 64.6 Å². The van der Waals surface area contributed by atoms with Crippen molar-refractivity contribution >= 4 is 0 Å². The van der Waals surface area contributed by atoms with Gasteiger partial charge in [0.15, 0.2) is 0 Å². The highest BCUT2D eigenvalue weighted by molar-refractivity contribution is 5.09. The normalized spacial score (nSPS) is 50.8. The van der Waals surface area contributed by atoms with Gasteiger partial charge >= 0.3 is 0 Å². The lowest BCUT2D eigenvalue weighted by atomic mass is 9.52. The lowest BCUT2D eigenvalue weighted by molar-refractivity contribution is -0.171. The summed E-state index contributed by atoms with van der Waals surface area (Å²) in [5, 5.41) is 20.9. The van der Waals surface area contributed by atoms with Gasteiger partial charge in [0, 0.05) is 0 Å².